The molecule has 0 saturated heterocycles. The highest BCUT2D eigenvalue weighted by atomic mass is 16.6. The van der Waals surface area contributed by atoms with E-state index in [-0.39, 0.29) is 11.3 Å². The molecule has 2 rings (SSSR count). The van der Waals surface area contributed by atoms with Gasteiger partial charge in [-0.1, -0.05) is 26.2 Å². The number of Topliss-reactive ketones (excluding diaryl/α,β-unsaturated/α-hetero) is 1. The van der Waals surface area contributed by atoms with Crippen LogP contribution in [0.25, 0.3) is 0 Å². The Morgan fingerprint density at radius 3 is 2.18 bits per heavy atom. The molecule has 0 aliphatic heterocycles. The molecule has 28 heavy (non-hydrogen) atoms. The molecule has 7 heteroatoms. The van der Waals surface area contributed by atoms with Crippen LogP contribution >= 0.6 is 0 Å². The van der Waals surface area contributed by atoms with Gasteiger partial charge < -0.3 is 9.47 Å². The molecule has 2 aromatic carbocycles. The number of ketones is 1. The Kier molecular flexibility index (Phi) is 8.14. The summed E-state index contributed by atoms with van der Waals surface area (Å²) in [5.41, 5.74) is 0.446. The predicted octanol–water partition coefficient (Wildman–Crippen LogP) is 4.59. The number of carbonyl (C=O) groups is 2. The highest BCUT2D eigenvalue weighted by Crippen LogP contribution is 2.15. The molecule has 2 aromatic rings. The van der Waals surface area contributed by atoms with E-state index in [0.29, 0.717) is 17.9 Å². The van der Waals surface area contributed by atoms with Crippen molar-refractivity contribution in [2.24, 2.45) is 0 Å². The van der Waals surface area contributed by atoms with Gasteiger partial charge in [-0.3, -0.25) is 14.9 Å². The number of hydrogen-bond donors (Lipinski definition) is 0. The van der Waals surface area contributed by atoms with Gasteiger partial charge in [0.25, 0.3) is 5.69 Å². The lowest BCUT2D eigenvalue weighted by Crippen LogP contribution is -2.14. The Bertz CT molecular complexity index is 799. The molecule has 0 unspecified atom stereocenters. The molecule has 0 aliphatic carbocycles. The minimum Gasteiger partial charge on any atom is -0.494 e. The number of non-ortho nitro benzene ring substituents is 1. The summed E-state index contributed by atoms with van der Waals surface area (Å²) in [5, 5.41) is 10.6. The van der Waals surface area contributed by atoms with Gasteiger partial charge >= 0.3 is 5.97 Å². The second-order valence-corrected chi connectivity index (χ2v) is 6.24. The van der Waals surface area contributed by atoms with Crippen molar-refractivity contribution in [1.29, 1.82) is 0 Å². The molecule has 0 spiro atoms. The molecule has 0 amide bonds. The number of rotatable bonds is 11. The molecule has 0 aliphatic rings. The summed E-state index contributed by atoms with van der Waals surface area (Å²) >= 11 is 0. The molecule has 7 nitrogen and oxygen atoms in total. The predicted molar refractivity (Wildman–Crippen MR) is 104 cm³/mol. The zero-order chi connectivity index (χ0) is 20.4. The second kappa shape index (κ2) is 10.8. The first-order valence-electron chi connectivity index (χ1n) is 9.19. The van der Waals surface area contributed by atoms with Gasteiger partial charge in [-0.25, -0.2) is 4.79 Å². The first kappa shape index (κ1) is 21.1. The van der Waals surface area contributed by atoms with E-state index in [9.17, 15) is 19.7 Å². The molecule has 0 aromatic heterocycles. The average Bonchev–Trinajstić information content (AvgIpc) is 2.72. The third-order valence-corrected chi connectivity index (χ3v) is 4.09. The van der Waals surface area contributed by atoms with Crippen LogP contribution < -0.4 is 4.74 Å². The molecule has 0 N–H and O–H groups in total. The lowest BCUT2D eigenvalue weighted by atomic mass is 10.1. The van der Waals surface area contributed by atoms with Gasteiger partial charge in [-0.2, -0.15) is 0 Å². The third-order valence-electron chi connectivity index (χ3n) is 4.09. The lowest BCUT2D eigenvalue weighted by Gasteiger charge is -2.07. The molecule has 0 radical (unpaired) electrons. The van der Waals surface area contributed by atoms with Crippen molar-refractivity contribution in [1.82, 2.24) is 0 Å². The minimum atomic E-state index is -0.621. The summed E-state index contributed by atoms with van der Waals surface area (Å²) in [6, 6.07) is 11.7. The fraction of sp³-hybridized carbons (Fsp3) is 0.333. The SMILES string of the molecule is CCCCCCOc1ccc(C(=O)OCC(=O)c2ccc([N+](=O)[O-])cc2)cc1. The van der Waals surface area contributed by atoms with Crippen LogP contribution in [0.3, 0.4) is 0 Å². The maximum atomic E-state index is 12.1. The summed E-state index contributed by atoms with van der Waals surface area (Å²) in [6.07, 6.45) is 4.47. The smallest absolute Gasteiger partial charge is 0.338 e. The maximum Gasteiger partial charge on any atom is 0.338 e. The minimum absolute atomic E-state index is 0.110. The first-order valence-corrected chi connectivity index (χ1v) is 9.19. The standard InChI is InChI=1S/C21H23NO6/c1-2-3-4-5-14-27-19-12-8-17(9-13-19)21(24)28-15-20(23)16-6-10-18(11-7-16)22(25)26/h6-13H,2-5,14-15H2,1H3. The Balaban J connectivity index is 1.80. The van der Waals surface area contributed by atoms with Gasteiger partial charge in [0.2, 0.25) is 0 Å². The highest BCUT2D eigenvalue weighted by molar-refractivity contribution is 5.99. The van der Waals surface area contributed by atoms with Crippen LogP contribution in [0.15, 0.2) is 48.5 Å². The van der Waals surface area contributed by atoms with Gasteiger partial charge in [0.05, 0.1) is 17.1 Å². The molecular formula is C21H23NO6. The van der Waals surface area contributed by atoms with Gasteiger partial charge in [0.15, 0.2) is 12.4 Å². The van der Waals surface area contributed by atoms with E-state index in [1.54, 1.807) is 24.3 Å². The number of hydrogen-bond acceptors (Lipinski definition) is 6. The number of carbonyl (C=O) groups excluding carboxylic acids is 2. The van der Waals surface area contributed by atoms with E-state index in [1.165, 1.54) is 37.1 Å². The number of benzene rings is 2. The molecule has 0 heterocycles. The normalized spacial score (nSPS) is 10.3. The van der Waals surface area contributed by atoms with Crippen LogP contribution in [0, 0.1) is 10.1 Å². The van der Waals surface area contributed by atoms with Crippen molar-refractivity contribution < 1.29 is 24.0 Å². The average molecular weight is 385 g/mol. The van der Waals surface area contributed by atoms with E-state index >= 15 is 0 Å². The quantitative estimate of drug-likeness (QED) is 0.184. The number of unbranched alkanes of at least 4 members (excludes halogenated alkanes) is 3. The van der Waals surface area contributed by atoms with E-state index in [4.69, 9.17) is 9.47 Å². The summed E-state index contributed by atoms with van der Waals surface area (Å²) in [4.78, 5) is 34.2. The number of nitro groups is 1. The van der Waals surface area contributed by atoms with E-state index < -0.39 is 23.3 Å². The molecule has 0 atom stereocenters. The van der Waals surface area contributed by atoms with Crippen molar-refractivity contribution >= 4 is 17.4 Å². The van der Waals surface area contributed by atoms with E-state index in [1.807, 2.05) is 0 Å². The summed E-state index contributed by atoms with van der Waals surface area (Å²) < 4.78 is 10.6. The van der Waals surface area contributed by atoms with Crippen LogP contribution in [-0.4, -0.2) is 29.9 Å². The molecule has 0 fully saturated rings. The Morgan fingerprint density at radius 1 is 0.929 bits per heavy atom. The van der Waals surface area contributed by atoms with Crippen LogP contribution in [0.1, 0.15) is 53.3 Å². The second-order valence-electron chi connectivity index (χ2n) is 6.24. The topological polar surface area (TPSA) is 95.7 Å². The number of esters is 1. The largest absolute Gasteiger partial charge is 0.494 e. The molecule has 148 valence electrons. The van der Waals surface area contributed by atoms with Crippen molar-refractivity contribution in [3.63, 3.8) is 0 Å². The van der Waals surface area contributed by atoms with Gasteiger partial charge in [0.1, 0.15) is 5.75 Å². The Labute approximate surface area is 163 Å². The number of nitrogens with zero attached hydrogens (tertiary/aromatic N) is 1. The van der Waals surface area contributed by atoms with E-state index in [2.05, 4.69) is 6.92 Å². The zero-order valence-electron chi connectivity index (χ0n) is 15.8. The highest BCUT2D eigenvalue weighted by Gasteiger charge is 2.13. The molecular weight excluding hydrogens is 362 g/mol. The van der Waals surface area contributed by atoms with Gasteiger partial charge in [-0.05, 0) is 42.8 Å². The lowest BCUT2D eigenvalue weighted by molar-refractivity contribution is -0.384. The summed E-state index contributed by atoms with van der Waals surface area (Å²) in [7, 11) is 0. The molecule has 0 bridgehead atoms. The van der Waals surface area contributed by atoms with Crippen molar-refractivity contribution in [2.75, 3.05) is 13.2 Å². The van der Waals surface area contributed by atoms with Gasteiger partial charge in [0, 0.05) is 17.7 Å². The maximum absolute atomic E-state index is 12.1. The van der Waals surface area contributed by atoms with Crippen LogP contribution in [0.2, 0.25) is 0 Å². The van der Waals surface area contributed by atoms with Crippen LogP contribution in [0.5, 0.6) is 5.75 Å². The summed E-state index contributed by atoms with van der Waals surface area (Å²) in [6.45, 7) is 2.35. The van der Waals surface area contributed by atoms with Crippen molar-refractivity contribution in [3.8, 4) is 5.75 Å². The zero-order valence-corrected chi connectivity index (χ0v) is 15.8. The van der Waals surface area contributed by atoms with Crippen molar-refractivity contribution in [2.45, 2.75) is 32.6 Å². The summed E-state index contributed by atoms with van der Waals surface area (Å²) in [5.74, 6) is -0.380. The monoisotopic (exact) mass is 385 g/mol. The van der Waals surface area contributed by atoms with E-state index in [0.717, 1.165) is 12.8 Å². The number of ether oxygens (including phenoxy) is 2. The Hall–Kier alpha value is -3.22. The fourth-order valence-corrected chi connectivity index (χ4v) is 2.47. The Morgan fingerprint density at radius 2 is 1.57 bits per heavy atom. The van der Waals surface area contributed by atoms with Crippen molar-refractivity contribution in [3.05, 3.63) is 69.8 Å². The van der Waals surface area contributed by atoms with Gasteiger partial charge in [-0.15, -0.1) is 0 Å². The third kappa shape index (κ3) is 6.50. The fourth-order valence-electron chi connectivity index (χ4n) is 2.47. The first-order chi connectivity index (χ1) is 13.5. The van der Waals surface area contributed by atoms with Crippen LogP contribution in [-0.2, 0) is 4.74 Å². The van der Waals surface area contributed by atoms with Crippen LogP contribution in [0.4, 0.5) is 5.69 Å². The number of nitro benzene ring substituents is 1. The molecule has 0 saturated carbocycles.